The number of amides is 1. The first-order valence-electron chi connectivity index (χ1n) is 13.0. The summed E-state index contributed by atoms with van der Waals surface area (Å²) < 4.78 is 0. The number of aromatic nitrogens is 4. The third kappa shape index (κ3) is 6.73. The van der Waals surface area contributed by atoms with E-state index in [1.54, 1.807) is 18.5 Å². The van der Waals surface area contributed by atoms with Crippen LogP contribution in [-0.2, 0) is 4.79 Å². The Hall–Kier alpha value is -4.41. The van der Waals surface area contributed by atoms with Crippen LogP contribution in [0.5, 0.6) is 0 Å². The summed E-state index contributed by atoms with van der Waals surface area (Å²) in [5.74, 6) is 1.25. The van der Waals surface area contributed by atoms with E-state index < -0.39 is 0 Å². The molecule has 1 saturated heterocycles. The molecule has 10 heteroatoms. The van der Waals surface area contributed by atoms with Gasteiger partial charge in [0.2, 0.25) is 11.9 Å². The predicted molar refractivity (Wildman–Crippen MR) is 156 cm³/mol. The zero-order valence-corrected chi connectivity index (χ0v) is 22.5. The maximum absolute atomic E-state index is 12.3. The molecule has 3 aromatic heterocycles. The molecule has 200 valence electrons. The standard InChI is InChI=1S/C29H33N9O/c1-36(2)13-5-8-26(39)33-23-7-4-6-21(18-23)27-28-22(11-12-30-27)19-32-29(35-28)34-24-9-10-25(31-20-24)38-16-14-37(3)15-17-38/h4-12,18-20H,13-17H2,1-3H3,(H,33,39)(H,32,34,35)/b8-5+. The number of carbonyl (C=O) groups excluding carboxylic acids is 1. The molecule has 1 amide bonds. The van der Waals surface area contributed by atoms with Gasteiger partial charge >= 0.3 is 0 Å². The molecule has 39 heavy (non-hydrogen) atoms. The molecular weight excluding hydrogens is 490 g/mol. The molecule has 0 unspecified atom stereocenters. The number of likely N-dealkylation sites (N-methyl/N-ethyl adjacent to an activating group) is 2. The third-order valence-electron chi connectivity index (χ3n) is 6.47. The van der Waals surface area contributed by atoms with E-state index >= 15 is 0 Å². The molecule has 10 nitrogen and oxygen atoms in total. The summed E-state index contributed by atoms with van der Waals surface area (Å²) in [4.78, 5) is 37.5. The predicted octanol–water partition coefficient (Wildman–Crippen LogP) is 3.64. The smallest absolute Gasteiger partial charge is 0.248 e. The van der Waals surface area contributed by atoms with Gasteiger partial charge in [0.05, 0.1) is 17.6 Å². The van der Waals surface area contributed by atoms with Crippen molar-refractivity contribution >= 4 is 40.0 Å². The van der Waals surface area contributed by atoms with Crippen molar-refractivity contribution in [2.45, 2.75) is 0 Å². The average molecular weight is 524 g/mol. The van der Waals surface area contributed by atoms with Crippen molar-refractivity contribution in [1.29, 1.82) is 0 Å². The van der Waals surface area contributed by atoms with Gasteiger partial charge in [-0.1, -0.05) is 18.2 Å². The van der Waals surface area contributed by atoms with Crippen LogP contribution in [-0.4, -0.2) is 89.5 Å². The number of piperazine rings is 1. The van der Waals surface area contributed by atoms with Crippen molar-refractivity contribution in [3.63, 3.8) is 0 Å². The van der Waals surface area contributed by atoms with Gasteiger partial charge in [-0.25, -0.2) is 15.0 Å². The summed E-state index contributed by atoms with van der Waals surface area (Å²) in [5.41, 5.74) is 3.76. The van der Waals surface area contributed by atoms with E-state index in [0.717, 1.165) is 48.6 Å². The molecule has 0 aliphatic carbocycles. The van der Waals surface area contributed by atoms with Crippen LogP contribution in [0.3, 0.4) is 0 Å². The van der Waals surface area contributed by atoms with Gasteiger partial charge in [0.1, 0.15) is 11.3 Å². The average Bonchev–Trinajstić information content (AvgIpc) is 2.93. The minimum atomic E-state index is -0.180. The van der Waals surface area contributed by atoms with Crippen LogP contribution >= 0.6 is 0 Å². The molecule has 1 aliphatic heterocycles. The molecule has 0 atom stereocenters. The summed E-state index contributed by atoms with van der Waals surface area (Å²) in [6, 6.07) is 13.5. The van der Waals surface area contributed by atoms with Crippen molar-refractivity contribution in [2.75, 3.05) is 69.4 Å². The molecule has 4 heterocycles. The lowest BCUT2D eigenvalue weighted by atomic mass is 10.1. The van der Waals surface area contributed by atoms with E-state index in [1.165, 1.54) is 0 Å². The van der Waals surface area contributed by atoms with Gasteiger partial charge in [-0.05, 0) is 51.5 Å². The number of nitrogens with one attached hydrogen (secondary N) is 2. The topological polar surface area (TPSA) is 102 Å². The molecule has 0 spiro atoms. The van der Waals surface area contributed by atoms with Crippen LogP contribution < -0.4 is 15.5 Å². The minimum Gasteiger partial charge on any atom is -0.354 e. The summed E-state index contributed by atoms with van der Waals surface area (Å²) in [6.45, 7) is 4.70. The minimum absolute atomic E-state index is 0.180. The van der Waals surface area contributed by atoms with E-state index in [-0.39, 0.29) is 5.91 Å². The first-order chi connectivity index (χ1) is 18.9. The first-order valence-corrected chi connectivity index (χ1v) is 13.0. The van der Waals surface area contributed by atoms with E-state index in [2.05, 4.69) is 42.4 Å². The van der Waals surface area contributed by atoms with Crippen LogP contribution in [0, 0.1) is 0 Å². The fraction of sp³-hybridized carbons (Fsp3) is 0.276. The monoisotopic (exact) mass is 523 g/mol. The molecule has 1 aromatic carbocycles. The Morgan fingerprint density at radius 1 is 1.00 bits per heavy atom. The number of hydrogen-bond acceptors (Lipinski definition) is 9. The summed E-state index contributed by atoms with van der Waals surface area (Å²) >= 11 is 0. The van der Waals surface area contributed by atoms with Crippen LogP contribution in [0.25, 0.3) is 22.2 Å². The van der Waals surface area contributed by atoms with E-state index in [4.69, 9.17) is 4.98 Å². The van der Waals surface area contributed by atoms with Gasteiger partial charge in [0.25, 0.3) is 0 Å². The van der Waals surface area contributed by atoms with Gasteiger partial charge in [-0.3, -0.25) is 9.78 Å². The fourth-order valence-corrected chi connectivity index (χ4v) is 4.34. The number of carbonyl (C=O) groups is 1. The molecule has 4 aromatic rings. The Kier molecular flexibility index (Phi) is 8.04. The highest BCUT2D eigenvalue weighted by Crippen LogP contribution is 2.28. The van der Waals surface area contributed by atoms with Gasteiger partial charge < -0.3 is 25.3 Å². The molecule has 2 N–H and O–H groups in total. The van der Waals surface area contributed by atoms with Crippen molar-refractivity contribution in [2.24, 2.45) is 0 Å². The van der Waals surface area contributed by atoms with Crippen LogP contribution in [0.15, 0.2) is 73.2 Å². The molecule has 0 radical (unpaired) electrons. The Balaban J connectivity index is 1.34. The second-order valence-corrected chi connectivity index (χ2v) is 9.85. The number of benzene rings is 1. The molecular formula is C29H33N9O. The highest BCUT2D eigenvalue weighted by atomic mass is 16.1. The molecule has 0 saturated carbocycles. The van der Waals surface area contributed by atoms with Crippen LogP contribution in [0.1, 0.15) is 0 Å². The molecule has 1 fully saturated rings. The normalized spacial score (nSPS) is 14.3. The molecule has 0 bridgehead atoms. The Morgan fingerprint density at radius 2 is 1.85 bits per heavy atom. The SMILES string of the molecule is CN(C)C/C=C/C(=O)Nc1cccc(-c2nccc3cnc(Nc4ccc(N5CCN(C)CC5)nc4)nc23)c1. The highest BCUT2D eigenvalue weighted by molar-refractivity contribution is 6.00. The number of nitrogens with zero attached hydrogens (tertiary/aromatic N) is 7. The maximum Gasteiger partial charge on any atom is 0.248 e. The zero-order chi connectivity index (χ0) is 27.2. The van der Waals surface area contributed by atoms with Gasteiger partial charge in [0.15, 0.2) is 0 Å². The Morgan fingerprint density at radius 3 is 2.62 bits per heavy atom. The largest absolute Gasteiger partial charge is 0.354 e. The number of hydrogen-bond donors (Lipinski definition) is 2. The van der Waals surface area contributed by atoms with Gasteiger partial charge in [0, 0.05) is 67.8 Å². The maximum atomic E-state index is 12.3. The van der Waals surface area contributed by atoms with E-state index in [9.17, 15) is 4.79 Å². The summed E-state index contributed by atoms with van der Waals surface area (Å²) in [5, 5.41) is 7.06. The summed E-state index contributed by atoms with van der Waals surface area (Å²) in [7, 11) is 6.05. The summed E-state index contributed by atoms with van der Waals surface area (Å²) in [6.07, 6.45) is 8.70. The number of rotatable bonds is 8. The van der Waals surface area contributed by atoms with Crippen LogP contribution in [0.4, 0.5) is 23.1 Å². The molecule has 1 aliphatic rings. The lowest BCUT2D eigenvalue weighted by molar-refractivity contribution is -0.111. The first kappa shape index (κ1) is 26.2. The van der Waals surface area contributed by atoms with E-state index in [1.807, 2.05) is 73.7 Å². The zero-order valence-electron chi connectivity index (χ0n) is 22.5. The second-order valence-electron chi connectivity index (χ2n) is 9.85. The quantitative estimate of drug-likeness (QED) is 0.335. The van der Waals surface area contributed by atoms with E-state index in [0.29, 0.717) is 29.4 Å². The van der Waals surface area contributed by atoms with Crippen molar-refractivity contribution < 1.29 is 4.79 Å². The Bertz CT molecular complexity index is 1460. The second kappa shape index (κ2) is 12.0. The van der Waals surface area contributed by atoms with Gasteiger partial charge in [-0.15, -0.1) is 0 Å². The van der Waals surface area contributed by atoms with Gasteiger partial charge in [-0.2, -0.15) is 0 Å². The van der Waals surface area contributed by atoms with Crippen molar-refractivity contribution in [1.82, 2.24) is 29.7 Å². The number of anilines is 4. The third-order valence-corrected chi connectivity index (χ3v) is 6.47. The van der Waals surface area contributed by atoms with Crippen LogP contribution in [0.2, 0.25) is 0 Å². The molecule has 5 rings (SSSR count). The highest BCUT2D eigenvalue weighted by Gasteiger charge is 2.15. The lowest BCUT2D eigenvalue weighted by Gasteiger charge is -2.33. The number of fused-ring (bicyclic) bond motifs is 1. The van der Waals surface area contributed by atoms with Crippen molar-refractivity contribution in [3.8, 4) is 11.3 Å². The number of pyridine rings is 2. The fourth-order valence-electron chi connectivity index (χ4n) is 4.34. The Labute approximate surface area is 228 Å². The lowest BCUT2D eigenvalue weighted by Crippen LogP contribution is -2.44. The van der Waals surface area contributed by atoms with Crippen molar-refractivity contribution in [3.05, 3.63) is 73.2 Å².